The van der Waals surface area contributed by atoms with E-state index in [9.17, 15) is 0 Å². The SMILES string of the molecule is C1=CCC=c2sc([C@H]3CN4CCSC4=N3)cc2=C1. The first kappa shape index (κ1) is 10.9. The van der Waals surface area contributed by atoms with Gasteiger partial charge in [-0.15, -0.1) is 11.3 Å². The summed E-state index contributed by atoms with van der Waals surface area (Å²) in [6.45, 7) is 2.25. The highest BCUT2D eigenvalue weighted by Crippen LogP contribution is 2.32. The van der Waals surface area contributed by atoms with Gasteiger partial charge in [-0.05, 0) is 17.7 Å². The molecule has 2 aliphatic heterocycles. The van der Waals surface area contributed by atoms with E-state index in [4.69, 9.17) is 4.99 Å². The molecule has 1 fully saturated rings. The largest absolute Gasteiger partial charge is 0.348 e. The molecule has 1 atom stereocenters. The molecule has 0 spiro atoms. The summed E-state index contributed by atoms with van der Waals surface area (Å²) in [6.07, 6.45) is 9.95. The lowest BCUT2D eigenvalue weighted by Gasteiger charge is -2.11. The fourth-order valence-corrected chi connectivity index (χ4v) is 4.75. The molecule has 0 N–H and O–H groups in total. The van der Waals surface area contributed by atoms with E-state index in [1.165, 1.54) is 32.1 Å². The molecule has 0 saturated carbocycles. The highest BCUT2D eigenvalue weighted by atomic mass is 32.2. The lowest BCUT2D eigenvalue weighted by atomic mass is 10.2. The predicted octanol–water partition coefficient (Wildman–Crippen LogP) is 1.73. The highest BCUT2D eigenvalue weighted by molar-refractivity contribution is 8.14. The van der Waals surface area contributed by atoms with Gasteiger partial charge in [-0.3, -0.25) is 4.99 Å². The normalized spacial score (nSPS) is 25.0. The maximum Gasteiger partial charge on any atom is 0.160 e. The second kappa shape index (κ2) is 4.28. The van der Waals surface area contributed by atoms with Gasteiger partial charge in [-0.1, -0.05) is 36.1 Å². The minimum atomic E-state index is 0.371. The van der Waals surface area contributed by atoms with Crippen LogP contribution >= 0.6 is 23.1 Å². The van der Waals surface area contributed by atoms with Crippen LogP contribution < -0.4 is 9.75 Å². The van der Waals surface area contributed by atoms with Crippen molar-refractivity contribution in [1.82, 2.24) is 4.90 Å². The van der Waals surface area contributed by atoms with E-state index in [2.05, 4.69) is 35.3 Å². The molecule has 1 aromatic rings. The molecule has 0 bridgehead atoms. The Balaban J connectivity index is 1.73. The fourth-order valence-electron chi connectivity index (χ4n) is 2.58. The Bertz CT molecular complexity index is 654. The fraction of sp³-hybridized carbons (Fsp3) is 0.357. The van der Waals surface area contributed by atoms with Crippen LogP contribution in [0.4, 0.5) is 0 Å². The van der Waals surface area contributed by atoms with Gasteiger partial charge in [0.25, 0.3) is 0 Å². The van der Waals surface area contributed by atoms with Gasteiger partial charge >= 0.3 is 0 Å². The van der Waals surface area contributed by atoms with E-state index in [0.29, 0.717) is 6.04 Å². The maximum absolute atomic E-state index is 4.86. The lowest BCUT2D eigenvalue weighted by Crippen LogP contribution is -2.21. The van der Waals surface area contributed by atoms with Crippen LogP contribution in [-0.4, -0.2) is 28.9 Å². The minimum Gasteiger partial charge on any atom is -0.348 e. The number of amidine groups is 1. The Morgan fingerprint density at radius 3 is 3.33 bits per heavy atom. The Labute approximate surface area is 114 Å². The molecule has 1 saturated heterocycles. The first-order chi connectivity index (χ1) is 8.90. The summed E-state index contributed by atoms with van der Waals surface area (Å²) in [5, 5.41) is 2.63. The van der Waals surface area contributed by atoms with Crippen molar-refractivity contribution in [3.63, 3.8) is 0 Å². The van der Waals surface area contributed by atoms with Gasteiger partial charge in [0.1, 0.15) is 6.04 Å². The number of rotatable bonds is 1. The van der Waals surface area contributed by atoms with Crippen molar-refractivity contribution in [2.45, 2.75) is 12.5 Å². The van der Waals surface area contributed by atoms with Crippen LogP contribution in [0.1, 0.15) is 17.3 Å². The van der Waals surface area contributed by atoms with Crippen LogP contribution in [0.3, 0.4) is 0 Å². The number of hydrogen-bond acceptors (Lipinski definition) is 4. The molecule has 0 radical (unpaired) electrons. The van der Waals surface area contributed by atoms with E-state index >= 15 is 0 Å². The van der Waals surface area contributed by atoms with Gasteiger partial charge in [-0.25, -0.2) is 0 Å². The molecular formula is C14H14N2S2. The van der Waals surface area contributed by atoms with Gasteiger partial charge in [0, 0.05) is 28.3 Å². The Hall–Kier alpha value is -1.00. The van der Waals surface area contributed by atoms with Crippen LogP contribution in [-0.2, 0) is 0 Å². The third-order valence-electron chi connectivity index (χ3n) is 3.51. The molecular weight excluding hydrogens is 260 g/mol. The average molecular weight is 274 g/mol. The highest BCUT2D eigenvalue weighted by Gasteiger charge is 2.30. The zero-order valence-corrected chi connectivity index (χ0v) is 11.6. The number of thioether (sulfide) groups is 1. The first-order valence-corrected chi connectivity index (χ1v) is 8.13. The summed E-state index contributed by atoms with van der Waals surface area (Å²) < 4.78 is 1.41. The topological polar surface area (TPSA) is 15.6 Å². The van der Waals surface area contributed by atoms with E-state index in [1.807, 2.05) is 23.1 Å². The molecule has 92 valence electrons. The van der Waals surface area contributed by atoms with Crippen molar-refractivity contribution in [2.75, 3.05) is 18.8 Å². The number of aliphatic imine (C=N–C) groups is 1. The molecule has 1 aromatic heterocycles. The van der Waals surface area contributed by atoms with Crippen LogP contribution in [0, 0.1) is 0 Å². The predicted molar refractivity (Wildman–Crippen MR) is 80.5 cm³/mol. The van der Waals surface area contributed by atoms with E-state index in [-0.39, 0.29) is 0 Å². The lowest BCUT2D eigenvalue weighted by molar-refractivity contribution is 0.466. The van der Waals surface area contributed by atoms with Gasteiger partial charge in [-0.2, -0.15) is 0 Å². The number of hydrogen-bond donors (Lipinski definition) is 0. The summed E-state index contributed by atoms with van der Waals surface area (Å²) in [7, 11) is 0. The monoisotopic (exact) mass is 274 g/mol. The smallest absolute Gasteiger partial charge is 0.160 e. The molecule has 0 aromatic carbocycles. The van der Waals surface area contributed by atoms with E-state index in [1.54, 1.807) is 0 Å². The Kier molecular flexibility index (Phi) is 2.59. The molecule has 2 nitrogen and oxygen atoms in total. The van der Waals surface area contributed by atoms with E-state index in [0.717, 1.165) is 13.0 Å². The van der Waals surface area contributed by atoms with Crippen molar-refractivity contribution in [3.05, 3.63) is 32.8 Å². The molecule has 3 heterocycles. The molecule has 1 aliphatic carbocycles. The van der Waals surface area contributed by atoms with Crippen LogP contribution in [0.15, 0.2) is 23.2 Å². The van der Waals surface area contributed by atoms with E-state index < -0.39 is 0 Å². The third kappa shape index (κ3) is 1.75. The number of fused-ring (bicyclic) bond motifs is 2. The molecule has 0 unspecified atom stereocenters. The molecule has 3 aliphatic rings. The quantitative estimate of drug-likeness (QED) is 0.775. The number of nitrogens with zero attached hydrogens (tertiary/aromatic N) is 2. The summed E-state index contributed by atoms with van der Waals surface area (Å²) in [6, 6.07) is 2.70. The summed E-state index contributed by atoms with van der Waals surface area (Å²) in [5.74, 6) is 1.21. The van der Waals surface area contributed by atoms with Gasteiger partial charge in [0.05, 0.1) is 0 Å². The zero-order chi connectivity index (χ0) is 11.9. The van der Waals surface area contributed by atoms with Gasteiger partial charge < -0.3 is 4.90 Å². The standard InChI is InChI=1S/C14H14N2S2/c1-2-4-10-8-13(18-12(10)5-3-1)11-9-16-6-7-17-14(16)15-11/h1-2,4-5,8,11H,3,6-7,9H2/t11-/m1/s1. The number of thiophene rings is 1. The van der Waals surface area contributed by atoms with Crippen molar-refractivity contribution in [2.24, 2.45) is 4.99 Å². The first-order valence-electron chi connectivity index (χ1n) is 6.32. The van der Waals surface area contributed by atoms with Crippen molar-refractivity contribution >= 4 is 40.4 Å². The summed E-state index contributed by atoms with van der Waals surface area (Å²) >= 11 is 3.82. The van der Waals surface area contributed by atoms with Crippen molar-refractivity contribution < 1.29 is 0 Å². The third-order valence-corrected chi connectivity index (χ3v) is 5.77. The summed E-state index contributed by atoms with van der Waals surface area (Å²) in [5.41, 5.74) is 0. The van der Waals surface area contributed by atoms with Gasteiger partial charge in [0.2, 0.25) is 0 Å². The van der Waals surface area contributed by atoms with Crippen LogP contribution in [0.5, 0.6) is 0 Å². The molecule has 4 heteroatoms. The second-order valence-corrected chi connectivity index (χ2v) is 6.90. The summed E-state index contributed by atoms with van der Waals surface area (Å²) in [4.78, 5) is 8.70. The Morgan fingerprint density at radius 1 is 1.39 bits per heavy atom. The molecule has 0 amide bonds. The Morgan fingerprint density at radius 2 is 2.39 bits per heavy atom. The minimum absolute atomic E-state index is 0.371. The van der Waals surface area contributed by atoms with Crippen molar-refractivity contribution in [3.8, 4) is 0 Å². The second-order valence-electron chi connectivity index (χ2n) is 4.72. The maximum atomic E-state index is 4.86. The zero-order valence-electron chi connectivity index (χ0n) is 10.0. The van der Waals surface area contributed by atoms with Gasteiger partial charge in [0.15, 0.2) is 5.17 Å². The molecule has 4 rings (SSSR count). The average Bonchev–Trinajstić information content (AvgIpc) is 3.00. The molecule has 18 heavy (non-hydrogen) atoms. The van der Waals surface area contributed by atoms with Crippen LogP contribution in [0.2, 0.25) is 0 Å². The number of allylic oxidation sites excluding steroid dienone is 2. The van der Waals surface area contributed by atoms with Crippen LogP contribution in [0.25, 0.3) is 12.2 Å². The van der Waals surface area contributed by atoms with Crippen molar-refractivity contribution in [1.29, 1.82) is 0 Å².